The van der Waals surface area contributed by atoms with Gasteiger partial charge in [0.1, 0.15) is 5.82 Å². The quantitative estimate of drug-likeness (QED) is 0.893. The molecule has 1 heterocycles. The maximum atomic E-state index is 14.4. The van der Waals surface area contributed by atoms with Crippen LogP contribution in [-0.4, -0.2) is 11.1 Å². The number of aliphatic hydroxyl groups is 1. The molecular weight excluding hydrogens is 253 g/mol. The van der Waals surface area contributed by atoms with Crippen molar-refractivity contribution in [2.75, 3.05) is 4.90 Å². The molecular formula is C17H18FNO. The number of aliphatic hydroxyl groups excluding tert-OH is 1. The zero-order valence-corrected chi connectivity index (χ0v) is 11.7. The molecule has 0 aliphatic carbocycles. The van der Waals surface area contributed by atoms with Gasteiger partial charge in [0.05, 0.1) is 11.8 Å². The Labute approximate surface area is 118 Å². The van der Waals surface area contributed by atoms with Crippen molar-refractivity contribution in [2.45, 2.75) is 32.4 Å². The summed E-state index contributed by atoms with van der Waals surface area (Å²) in [7, 11) is 0. The number of nitrogens with zero attached hydrogens (tertiary/aromatic N) is 1. The van der Waals surface area contributed by atoms with Crippen LogP contribution in [0.2, 0.25) is 0 Å². The monoisotopic (exact) mass is 271 g/mol. The van der Waals surface area contributed by atoms with E-state index in [1.807, 2.05) is 23.1 Å². The van der Waals surface area contributed by atoms with Crippen LogP contribution >= 0.6 is 0 Å². The van der Waals surface area contributed by atoms with Crippen LogP contribution in [-0.2, 0) is 6.42 Å². The average Bonchev–Trinajstić information content (AvgIpc) is 2.74. The molecule has 104 valence electrons. The minimum absolute atomic E-state index is 0.235. The summed E-state index contributed by atoms with van der Waals surface area (Å²) in [5, 5.41) is 9.53. The maximum Gasteiger partial charge on any atom is 0.147 e. The van der Waals surface area contributed by atoms with E-state index in [4.69, 9.17) is 0 Å². The third-order valence-electron chi connectivity index (χ3n) is 3.92. The van der Waals surface area contributed by atoms with Crippen LogP contribution in [0.1, 0.15) is 31.1 Å². The maximum absolute atomic E-state index is 14.4. The van der Waals surface area contributed by atoms with Crippen molar-refractivity contribution in [1.29, 1.82) is 0 Å². The molecule has 0 fully saturated rings. The van der Waals surface area contributed by atoms with Crippen molar-refractivity contribution in [1.82, 2.24) is 0 Å². The highest BCUT2D eigenvalue weighted by Crippen LogP contribution is 2.39. The number of anilines is 2. The summed E-state index contributed by atoms with van der Waals surface area (Å²) < 4.78 is 14.4. The molecule has 2 aromatic rings. The normalized spacial score (nSPS) is 19.0. The Kier molecular flexibility index (Phi) is 3.22. The summed E-state index contributed by atoms with van der Waals surface area (Å²) in [5.41, 5.74) is 3.50. The fourth-order valence-electron chi connectivity index (χ4n) is 2.91. The van der Waals surface area contributed by atoms with Gasteiger partial charge >= 0.3 is 0 Å². The molecule has 1 aliphatic heterocycles. The van der Waals surface area contributed by atoms with Gasteiger partial charge < -0.3 is 10.0 Å². The standard InChI is InChI=1S/C17H18FNO/c1-11-9-14-5-3-4-6-16(14)19(11)17-8-7-13(12(2)20)10-15(17)18/h3-8,10-12,20H,9H2,1-2H3/t11?,12-/m0/s1. The van der Waals surface area contributed by atoms with E-state index in [1.165, 1.54) is 11.6 Å². The molecule has 20 heavy (non-hydrogen) atoms. The smallest absolute Gasteiger partial charge is 0.147 e. The fourth-order valence-corrected chi connectivity index (χ4v) is 2.91. The number of benzene rings is 2. The highest BCUT2D eigenvalue weighted by atomic mass is 19.1. The van der Waals surface area contributed by atoms with Crippen LogP contribution in [0.5, 0.6) is 0 Å². The summed E-state index contributed by atoms with van der Waals surface area (Å²) in [5.74, 6) is -0.285. The minimum Gasteiger partial charge on any atom is -0.389 e. The number of hydrogen-bond acceptors (Lipinski definition) is 2. The average molecular weight is 271 g/mol. The van der Waals surface area contributed by atoms with Gasteiger partial charge in [-0.25, -0.2) is 4.39 Å². The van der Waals surface area contributed by atoms with Crippen molar-refractivity contribution in [3.8, 4) is 0 Å². The van der Waals surface area contributed by atoms with Crippen molar-refractivity contribution < 1.29 is 9.50 Å². The zero-order chi connectivity index (χ0) is 14.3. The lowest BCUT2D eigenvalue weighted by Crippen LogP contribution is -2.24. The van der Waals surface area contributed by atoms with Gasteiger partial charge in [0.15, 0.2) is 0 Å². The molecule has 0 saturated carbocycles. The minimum atomic E-state index is -0.651. The van der Waals surface area contributed by atoms with Gasteiger partial charge in [-0.3, -0.25) is 0 Å². The van der Waals surface area contributed by atoms with Crippen LogP contribution < -0.4 is 4.90 Å². The first-order chi connectivity index (χ1) is 9.58. The van der Waals surface area contributed by atoms with Crippen LogP contribution in [0, 0.1) is 5.82 Å². The Hall–Kier alpha value is -1.87. The number of hydrogen-bond donors (Lipinski definition) is 1. The topological polar surface area (TPSA) is 23.5 Å². The number of halogens is 1. The van der Waals surface area contributed by atoms with Gasteiger partial charge in [-0.2, -0.15) is 0 Å². The van der Waals surface area contributed by atoms with E-state index >= 15 is 0 Å². The Balaban J connectivity index is 2.05. The number of para-hydroxylation sites is 1. The van der Waals surface area contributed by atoms with Crippen molar-refractivity contribution in [3.05, 3.63) is 59.4 Å². The molecule has 1 N–H and O–H groups in total. The number of fused-ring (bicyclic) bond motifs is 1. The summed E-state index contributed by atoms with van der Waals surface area (Å²) in [4.78, 5) is 2.04. The lowest BCUT2D eigenvalue weighted by Gasteiger charge is -2.26. The molecule has 2 aromatic carbocycles. The molecule has 3 heteroatoms. The molecule has 2 atom stereocenters. The second-order valence-corrected chi connectivity index (χ2v) is 5.44. The van der Waals surface area contributed by atoms with Crippen LogP contribution in [0.15, 0.2) is 42.5 Å². The van der Waals surface area contributed by atoms with Crippen LogP contribution in [0.3, 0.4) is 0 Å². The third kappa shape index (κ3) is 2.08. The first-order valence-corrected chi connectivity index (χ1v) is 6.92. The van der Waals surface area contributed by atoms with Gasteiger partial charge in [0.25, 0.3) is 0 Å². The predicted octanol–water partition coefficient (Wildman–Crippen LogP) is 3.96. The van der Waals surface area contributed by atoms with Crippen LogP contribution in [0.4, 0.5) is 15.8 Å². The van der Waals surface area contributed by atoms with E-state index in [-0.39, 0.29) is 11.9 Å². The molecule has 0 saturated heterocycles. The molecule has 0 bridgehead atoms. The van der Waals surface area contributed by atoms with Gasteiger partial charge in [0, 0.05) is 11.7 Å². The molecule has 0 spiro atoms. The Morgan fingerprint density at radius 2 is 1.95 bits per heavy atom. The highest BCUT2D eigenvalue weighted by molar-refractivity contribution is 5.71. The van der Waals surface area contributed by atoms with Crippen LogP contribution in [0.25, 0.3) is 0 Å². The Morgan fingerprint density at radius 3 is 2.65 bits per heavy atom. The van der Waals surface area contributed by atoms with Gasteiger partial charge in [-0.1, -0.05) is 24.3 Å². The summed E-state index contributed by atoms with van der Waals surface area (Å²) >= 11 is 0. The number of rotatable bonds is 2. The second kappa shape index (κ2) is 4.91. The van der Waals surface area contributed by atoms with Gasteiger partial charge in [0.2, 0.25) is 0 Å². The summed E-state index contributed by atoms with van der Waals surface area (Å²) in [6, 6.07) is 13.3. The molecule has 3 rings (SSSR count). The van der Waals surface area contributed by atoms with E-state index < -0.39 is 6.10 Å². The largest absolute Gasteiger partial charge is 0.389 e. The lowest BCUT2D eigenvalue weighted by molar-refractivity contribution is 0.199. The molecule has 0 radical (unpaired) electrons. The van der Waals surface area contributed by atoms with E-state index in [9.17, 15) is 9.50 Å². The van der Waals surface area contributed by atoms with E-state index in [0.717, 1.165) is 12.1 Å². The van der Waals surface area contributed by atoms with E-state index in [0.29, 0.717) is 11.3 Å². The third-order valence-corrected chi connectivity index (χ3v) is 3.92. The van der Waals surface area contributed by atoms with Crippen molar-refractivity contribution >= 4 is 11.4 Å². The second-order valence-electron chi connectivity index (χ2n) is 5.44. The Morgan fingerprint density at radius 1 is 1.20 bits per heavy atom. The lowest BCUT2D eigenvalue weighted by atomic mass is 10.1. The first-order valence-electron chi connectivity index (χ1n) is 6.92. The molecule has 0 amide bonds. The molecule has 2 nitrogen and oxygen atoms in total. The molecule has 0 aromatic heterocycles. The highest BCUT2D eigenvalue weighted by Gasteiger charge is 2.28. The SMILES string of the molecule is CC1Cc2ccccc2N1c1ccc([C@H](C)O)cc1F. The van der Waals surface area contributed by atoms with Crippen molar-refractivity contribution in [2.24, 2.45) is 0 Å². The summed E-state index contributed by atoms with van der Waals surface area (Å²) in [6.45, 7) is 3.74. The fraction of sp³-hybridized carbons (Fsp3) is 0.294. The molecule has 1 unspecified atom stereocenters. The van der Waals surface area contributed by atoms with Crippen molar-refractivity contribution in [3.63, 3.8) is 0 Å². The van der Waals surface area contributed by atoms with Gasteiger partial charge in [-0.05, 0) is 49.6 Å². The summed E-state index contributed by atoms with van der Waals surface area (Å²) in [6.07, 6.45) is 0.273. The Bertz CT molecular complexity index is 639. The molecule has 1 aliphatic rings. The van der Waals surface area contributed by atoms with E-state index in [1.54, 1.807) is 19.1 Å². The van der Waals surface area contributed by atoms with E-state index in [2.05, 4.69) is 13.0 Å². The first kappa shape index (κ1) is 13.1. The van der Waals surface area contributed by atoms with Gasteiger partial charge in [-0.15, -0.1) is 0 Å². The zero-order valence-electron chi connectivity index (χ0n) is 11.7. The predicted molar refractivity (Wildman–Crippen MR) is 78.8 cm³/mol.